The highest BCUT2D eigenvalue weighted by Gasteiger charge is 2.32. The predicted octanol–water partition coefficient (Wildman–Crippen LogP) is 0.799. The second-order valence-corrected chi connectivity index (χ2v) is 6.40. The maximum atomic E-state index is 12.6. The van der Waals surface area contributed by atoms with E-state index in [9.17, 15) is 9.59 Å². The second-order valence-electron chi connectivity index (χ2n) is 6.40. The lowest BCUT2D eigenvalue weighted by Crippen LogP contribution is -2.52. The SMILES string of the molecule is COc1ccc([C@@H]2CCCN2CC(=O)N2CCNC(=O)C2)c(OC)c1. The van der Waals surface area contributed by atoms with Gasteiger partial charge in [-0.15, -0.1) is 0 Å². The fourth-order valence-corrected chi connectivity index (χ4v) is 3.59. The maximum Gasteiger partial charge on any atom is 0.239 e. The highest BCUT2D eigenvalue weighted by Crippen LogP contribution is 2.38. The molecule has 0 spiro atoms. The number of ether oxygens (including phenoxy) is 2. The van der Waals surface area contributed by atoms with E-state index in [1.54, 1.807) is 19.1 Å². The lowest BCUT2D eigenvalue weighted by molar-refractivity contribution is -0.139. The standard InChI is InChI=1S/C18H25N3O4/c1-24-13-5-6-14(16(10-13)25-2)15-4-3-8-20(15)12-18(23)21-9-7-19-17(22)11-21/h5-6,10,15H,3-4,7-9,11-12H2,1-2H3,(H,19,22)/t15-/m0/s1. The van der Waals surface area contributed by atoms with Crippen molar-refractivity contribution in [1.82, 2.24) is 15.1 Å². The zero-order valence-corrected chi connectivity index (χ0v) is 14.8. The molecule has 7 nitrogen and oxygen atoms in total. The van der Waals surface area contributed by atoms with Gasteiger partial charge in [0.05, 0.1) is 27.3 Å². The lowest BCUT2D eigenvalue weighted by Gasteiger charge is -2.31. The number of carbonyl (C=O) groups excluding carboxylic acids is 2. The topological polar surface area (TPSA) is 71.1 Å². The van der Waals surface area contributed by atoms with Gasteiger partial charge in [0.25, 0.3) is 0 Å². The van der Waals surface area contributed by atoms with Crippen LogP contribution in [0.5, 0.6) is 11.5 Å². The first kappa shape index (κ1) is 17.5. The molecule has 0 aliphatic carbocycles. The van der Waals surface area contributed by atoms with Crippen LogP contribution in [0.3, 0.4) is 0 Å². The van der Waals surface area contributed by atoms with Crippen LogP contribution in [0, 0.1) is 0 Å². The summed E-state index contributed by atoms with van der Waals surface area (Å²) < 4.78 is 10.8. The van der Waals surface area contributed by atoms with E-state index in [0.717, 1.165) is 36.4 Å². The number of rotatable bonds is 5. The first-order chi connectivity index (χ1) is 12.1. The van der Waals surface area contributed by atoms with E-state index in [0.29, 0.717) is 19.6 Å². The number of piperazine rings is 1. The van der Waals surface area contributed by atoms with Gasteiger partial charge in [0.1, 0.15) is 11.5 Å². The van der Waals surface area contributed by atoms with Crippen LogP contribution in [0.2, 0.25) is 0 Å². The van der Waals surface area contributed by atoms with Gasteiger partial charge in [0.15, 0.2) is 0 Å². The van der Waals surface area contributed by atoms with Crippen molar-refractivity contribution in [2.45, 2.75) is 18.9 Å². The van der Waals surface area contributed by atoms with E-state index in [1.165, 1.54) is 0 Å². The fraction of sp³-hybridized carbons (Fsp3) is 0.556. The minimum absolute atomic E-state index is 0.00854. The molecule has 136 valence electrons. The third-order valence-corrected chi connectivity index (χ3v) is 4.89. The van der Waals surface area contributed by atoms with Crippen molar-refractivity contribution in [2.75, 3.05) is 46.9 Å². The van der Waals surface area contributed by atoms with Crippen LogP contribution in [0.1, 0.15) is 24.4 Å². The van der Waals surface area contributed by atoms with Crippen LogP contribution in [0.25, 0.3) is 0 Å². The lowest BCUT2D eigenvalue weighted by atomic mass is 10.0. The van der Waals surface area contributed by atoms with Gasteiger partial charge in [0, 0.05) is 30.8 Å². The quantitative estimate of drug-likeness (QED) is 0.853. The highest BCUT2D eigenvalue weighted by molar-refractivity contribution is 5.86. The molecule has 1 aromatic carbocycles. The largest absolute Gasteiger partial charge is 0.497 e. The first-order valence-corrected chi connectivity index (χ1v) is 8.63. The Hall–Kier alpha value is -2.28. The van der Waals surface area contributed by atoms with Gasteiger partial charge in [-0.25, -0.2) is 0 Å². The second kappa shape index (κ2) is 7.74. The smallest absolute Gasteiger partial charge is 0.239 e. The Bertz CT molecular complexity index is 649. The number of carbonyl (C=O) groups is 2. The van der Waals surface area contributed by atoms with Crippen LogP contribution in [0.15, 0.2) is 18.2 Å². The van der Waals surface area contributed by atoms with E-state index in [-0.39, 0.29) is 24.4 Å². The summed E-state index contributed by atoms with van der Waals surface area (Å²) >= 11 is 0. The molecule has 0 saturated carbocycles. The zero-order valence-electron chi connectivity index (χ0n) is 14.8. The summed E-state index contributed by atoms with van der Waals surface area (Å²) in [6.07, 6.45) is 2.02. The van der Waals surface area contributed by atoms with Crippen molar-refractivity contribution in [3.8, 4) is 11.5 Å². The summed E-state index contributed by atoms with van der Waals surface area (Å²) in [6.45, 7) is 2.46. The van der Waals surface area contributed by atoms with Gasteiger partial charge in [-0.3, -0.25) is 14.5 Å². The molecule has 3 rings (SSSR count). The summed E-state index contributed by atoms with van der Waals surface area (Å²) in [5.74, 6) is 1.45. The van der Waals surface area contributed by atoms with Gasteiger partial charge in [-0.1, -0.05) is 6.07 Å². The molecule has 1 aromatic rings. The Morgan fingerprint density at radius 3 is 2.84 bits per heavy atom. The van der Waals surface area contributed by atoms with Crippen LogP contribution >= 0.6 is 0 Å². The van der Waals surface area contributed by atoms with Crippen molar-refractivity contribution < 1.29 is 19.1 Å². The van der Waals surface area contributed by atoms with Crippen molar-refractivity contribution >= 4 is 11.8 Å². The molecule has 2 fully saturated rings. The van der Waals surface area contributed by atoms with Gasteiger partial charge >= 0.3 is 0 Å². The number of nitrogens with one attached hydrogen (secondary N) is 1. The Morgan fingerprint density at radius 1 is 1.28 bits per heavy atom. The third-order valence-electron chi connectivity index (χ3n) is 4.89. The Labute approximate surface area is 147 Å². The average Bonchev–Trinajstić information content (AvgIpc) is 3.08. The number of methoxy groups -OCH3 is 2. The van der Waals surface area contributed by atoms with Crippen LogP contribution in [-0.2, 0) is 9.59 Å². The van der Waals surface area contributed by atoms with Crippen molar-refractivity contribution in [3.63, 3.8) is 0 Å². The molecule has 0 radical (unpaired) electrons. The minimum Gasteiger partial charge on any atom is -0.497 e. The normalized spacial score (nSPS) is 21.1. The Balaban J connectivity index is 1.72. The number of benzene rings is 1. The van der Waals surface area contributed by atoms with E-state index in [2.05, 4.69) is 10.2 Å². The highest BCUT2D eigenvalue weighted by atomic mass is 16.5. The molecule has 0 unspecified atom stereocenters. The Kier molecular flexibility index (Phi) is 5.43. The maximum absolute atomic E-state index is 12.6. The summed E-state index contributed by atoms with van der Waals surface area (Å²) in [5, 5.41) is 2.75. The molecule has 0 bridgehead atoms. The van der Waals surface area contributed by atoms with Crippen molar-refractivity contribution in [2.24, 2.45) is 0 Å². The number of likely N-dealkylation sites (tertiary alicyclic amines) is 1. The van der Waals surface area contributed by atoms with Crippen LogP contribution < -0.4 is 14.8 Å². The fourth-order valence-electron chi connectivity index (χ4n) is 3.59. The molecule has 2 amide bonds. The number of hydrogen-bond donors (Lipinski definition) is 1. The summed E-state index contributed by atoms with van der Waals surface area (Å²) in [7, 11) is 3.28. The molecule has 2 heterocycles. The van der Waals surface area contributed by atoms with Gasteiger partial charge < -0.3 is 19.7 Å². The van der Waals surface area contributed by atoms with E-state index in [4.69, 9.17) is 9.47 Å². The van der Waals surface area contributed by atoms with Crippen LogP contribution in [-0.4, -0.2) is 68.6 Å². The minimum atomic E-state index is -0.0885. The van der Waals surface area contributed by atoms with Gasteiger partial charge in [-0.05, 0) is 25.5 Å². The number of nitrogens with zero attached hydrogens (tertiary/aromatic N) is 2. The molecule has 7 heteroatoms. The molecule has 2 aliphatic rings. The zero-order chi connectivity index (χ0) is 17.8. The monoisotopic (exact) mass is 347 g/mol. The number of hydrogen-bond acceptors (Lipinski definition) is 5. The first-order valence-electron chi connectivity index (χ1n) is 8.63. The van der Waals surface area contributed by atoms with E-state index < -0.39 is 0 Å². The molecule has 25 heavy (non-hydrogen) atoms. The summed E-state index contributed by atoms with van der Waals surface area (Å²) in [4.78, 5) is 27.9. The van der Waals surface area contributed by atoms with E-state index in [1.807, 2.05) is 18.2 Å². The van der Waals surface area contributed by atoms with Gasteiger partial charge in [0.2, 0.25) is 11.8 Å². The molecular formula is C18H25N3O4. The molecule has 2 saturated heterocycles. The summed E-state index contributed by atoms with van der Waals surface area (Å²) in [5.41, 5.74) is 1.07. The van der Waals surface area contributed by atoms with Crippen molar-refractivity contribution in [1.29, 1.82) is 0 Å². The molecule has 1 atom stereocenters. The molecule has 2 aliphatic heterocycles. The summed E-state index contributed by atoms with van der Waals surface area (Å²) in [6, 6.07) is 5.95. The van der Waals surface area contributed by atoms with E-state index >= 15 is 0 Å². The van der Waals surface area contributed by atoms with Crippen molar-refractivity contribution in [3.05, 3.63) is 23.8 Å². The molecular weight excluding hydrogens is 322 g/mol. The van der Waals surface area contributed by atoms with Crippen LogP contribution in [0.4, 0.5) is 0 Å². The third kappa shape index (κ3) is 3.87. The van der Waals surface area contributed by atoms with Gasteiger partial charge in [-0.2, -0.15) is 0 Å². The molecule has 1 N–H and O–H groups in total. The predicted molar refractivity (Wildman–Crippen MR) is 92.7 cm³/mol. The molecule has 0 aromatic heterocycles. The Morgan fingerprint density at radius 2 is 2.12 bits per heavy atom. The number of amides is 2. The average molecular weight is 347 g/mol.